The Labute approximate surface area is 113 Å². The van der Waals surface area contributed by atoms with Crippen LogP contribution < -0.4 is 11.1 Å². The normalized spacial score (nSPS) is 10.1. The number of benzene rings is 1. The second-order valence-electron chi connectivity index (χ2n) is 3.79. The molecule has 0 aliphatic rings. The smallest absolute Gasteiger partial charge is 0.224 e. The number of hydrogen-bond acceptors (Lipinski definition) is 3. The minimum Gasteiger partial charge on any atom is -0.389 e. The number of rotatable bonds is 7. The first kappa shape index (κ1) is 14.6. The van der Waals surface area contributed by atoms with Gasteiger partial charge in [0.25, 0.3) is 0 Å². The third-order valence-electron chi connectivity index (χ3n) is 2.33. The van der Waals surface area contributed by atoms with Crippen LogP contribution in [0, 0.1) is 0 Å². The predicted molar refractivity (Wildman–Crippen MR) is 76.7 cm³/mol. The van der Waals surface area contributed by atoms with Crippen molar-refractivity contribution in [2.45, 2.75) is 19.8 Å². The topological polar surface area (TPSA) is 64.3 Å². The molecule has 0 aromatic heterocycles. The zero-order valence-electron chi connectivity index (χ0n) is 10.4. The standard InChI is InChI=1S/C13H18N2O2S/c1-2-17-8-4-7-12(16)15-11-6-3-5-10(9-11)13(14)18/h3,5-6,9H,2,4,7-8H2,1H3,(H2,14,18)(H,15,16). The molecule has 98 valence electrons. The van der Waals surface area contributed by atoms with Crippen molar-refractivity contribution in [1.82, 2.24) is 0 Å². The molecule has 0 spiro atoms. The van der Waals surface area contributed by atoms with E-state index in [1.165, 1.54) is 0 Å². The van der Waals surface area contributed by atoms with Gasteiger partial charge in [0.05, 0.1) is 0 Å². The van der Waals surface area contributed by atoms with Gasteiger partial charge < -0.3 is 15.8 Å². The number of nitrogens with one attached hydrogen (secondary N) is 1. The first-order valence-corrected chi connectivity index (χ1v) is 6.31. The van der Waals surface area contributed by atoms with Crippen LogP contribution in [0.15, 0.2) is 24.3 Å². The summed E-state index contributed by atoms with van der Waals surface area (Å²) in [5, 5.41) is 2.80. The highest BCUT2D eigenvalue weighted by atomic mass is 32.1. The minimum absolute atomic E-state index is 0.0326. The molecule has 1 amide bonds. The van der Waals surface area contributed by atoms with Crippen LogP contribution in [-0.2, 0) is 9.53 Å². The zero-order valence-corrected chi connectivity index (χ0v) is 11.3. The molecule has 0 unspecified atom stereocenters. The van der Waals surface area contributed by atoms with Crippen LogP contribution in [0.2, 0.25) is 0 Å². The Hall–Kier alpha value is -1.46. The Balaban J connectivity index is 2.44. The fourth-order valence-corrected chi connectivity index (χ4v) is 1.58. The Kier molecular flexibility index (Phi) is 6.32. The summed E-state index contributed by atoms with van der Waals surface area (Å²) in [6.45, 7) is 3.22. The van der Waals surface area contributed by atoms with Crippen molar-refractivity contribution >= 4 is 28.8 Å². The molecule has 0 saturated carbocycles. The Bertz CT molecular complexity index is 421. The summed E-state index contributed by atoms with van der Waals surface area (Å²) in [6, 6.07) is 7.20. The molecule has 0 aliphatic carbocycles. The van der Waals surface area contributed by atoms with E-state index in [1.54, 1.807) is 6.07 Å². The molecule has 5 heteroatoms. The molecule has 0 saturated heterocycles. The molecule has 0 atom stereocenters. The zero-order chi connectivity index (χ0) is 13.4. The molecule has 0 heterocycles. The van der Waals surface area contributed by atoms with Crippen LogP contribution >= 0.6 is 12.2 Å². The molecular weight excluding hydrogens is 248 g/mol. The second-order valence-corrected chi connectivity index (χ2v) is 4.23. The number of hydrogen-bond donors (Lipinski definition) is 2. The van der Waals surface area contributed by atoms with Crippen LogP contribution in [-0.4, -0.2) is 24.1 Å². The van der Waals surface area contributed by atoms with Gasteiger partial charge in [-0.25, -0.2) is 0 Å². The number of anilines is 1. The average Bonchev–Trinajstić information content (AvgIpc) is 2.35. The van der Waals surface area contributed by atoms with Gasteiger partial charge in [-0.05, 0) is 25.5 Å². The number of carbonyl (C=O) groups excluding carboxylic acids is 1. The van der Waals surface area contributed by atoms with Crippen LogP contribution in [0.3, 0.4) is 0 Å². The number of nitrogens with two attached hydrogens (primary N) is 1. The highest BCUT2D eigenvalue weighted by Gasteiger charge is 2.03. The SMILES string of the molecule is CCOCCCC(=O)Nc1cccc(C(N)=S)c1. The van der Waals surface area contributed by atoms with Crippen LogP contribution in [0.25, 0.3) is 0 Å². The Morgan fingerprint density at radius 2 is 2.28 bits per heavy atom. The van der Waals surface area contributed by atoms with E-state index in [1.807, 2.05) is 25.1 Å². The van der Waals surface area contributed by atoms with E-state index in [0.29, 0.717) is 36.7 Å². The maximum atomic E-state index is 11.6. The summed E-state index contributed by atoms with van der Waals surface area (Å²) in [4.78, 5) is 11.9. The van der Waals surface area contributed by atoms with E-state index in [9.17, 15) is 4.79 Å². The van der Waals surface area contributed by atoms with Crippen molar-refractivity contribution in [1.29, 1.82) is 0 Å². The molecule has 3 N–H and O–H groups in total. The van der Waals surface area contributed by atoms with Crippen molar-refractivity contribution in [3.63, 3.8) is 0 Å². The average molecular weight is 266 g/mol. The molecular formula is C13H18N2O2S. The van der Waals surface area contributed by atoms with Gasteiger partial charge in [0.2, 0.25) is 5.91 Å². The number of carbonyl (C=O) groups is 1. The summed E-state index contributed by atoms with van der Waals surface area (Å²) in [5.41, 5.74) is 6.99. The second kappa shape index (κ2) is 7.79. The lowest BCUT2D eigenvalue weighted by atomic mass is 10.2. The van der Waals surface area contributed by atoms with Crippen molar-refractivity contribution in [2.24, 2.45) is 5.73 Å². The van der Waals surface area contributed by atoms with E-state index in [0.717, 1.165) is 5.56 Å². The lowest BCUT2D eigenvalue weighted by molar-refractivity contribution is -0.116. The van der Waals surface area contributed by atoms with E-state index in [4.69, 9.17) is 22.7 Å². The van der Waals surface area contributed by atoms with E-state index < -0.39 is 0 Å². The third kappa shape index (κ3) is 5.25. The molecule has 0 fully saturated rings. The minimum atomic E-state index is -0.0326. The lowest BCUT2D eigenvalue weighted by Crippen LogP contribution is -2.14. The molecule has 4 nitrogen and oxygen atoms in total. The van der Waals surface area contributed by atoms with E-state index >= 15 is 0 Å². The molecule has 0 aliphatic heterocycles. The quantitative estimate of drug-likeness (QED) is 0.586. The molecule has 1 aromatic carbocycles. The Morgan fingerprint density at radius 3 is 2.94 bits per heavy atom. The largest absolute Gasteiger partial charge is 0.389 e. The summed E-state index contributed by atoms with van der Waals surface area (Å²) < 4.78 is 5.17. The number of thiocarbonyl (C=S) groups is 1. The summed E-state index contributed by atoms with van der Waals surface area (Å²) in [7, 11) is 0. The van der Waals surface area contributed by atoms with Crippen LogP contribution in [0.4, 0.5) is 5.69 Å². The van der Waals surface area contributed by atoms with Gasteiger partial charge in [0.1, 0.15) is 4.99 Å². The molecule has 1 aromatic rings. The molecule has 1 rings (SSSR count). The predicted octanol–water partition coefficient (Wildman–Crippen LogP) is 2.08. The third-order valence-corrected chi connectivity index (χ3v) is 2.56. The van der Waals surface area contributed by atoms with Gasteiger partial charge in [-0.3, -0.25) is 4.79 Å². The highest BCUT2D eigenvalue weighted by molar-refractivity contribution is 7.80. The fourth-order valence-electron chi connectivity index (χ4n) is 1.45. The van der Waals surface area contributed by atoms with Crippen LogP contribution in [0.5, 0.6) is 0 Å². The Morgan fingerprint density at radius 1 is 1.50 bits per heavy atom. The highest BCUT2D eigenvalue weighted by Crippen LogP contribution is 2.11. The summed E-state index contributed by atoms with van der Waals surface area (Å²) >= 11 is 4.88. The van der Waals surface area contributed by atoms with Crippen molar-refractivity contribution in [3.05, 3.63) is 29.8 Å². The van der Waals surface area contributed by atoms with Gasteiger partial charge in [0, 0.05) is 30.9 Å². The van der Waals surface area contributed by atoms with E-state index in [-0.39, 0.29) is 5.91 Å². The maximum absolute atomic E-state index is 11.6. The first-order chi connectivity index (χ1) is 8.63. The summed E-state index contributed by atoms with van der Waals surface area (Å²) in [6.07, 6.45) is 1.16. The molecule has 18 heavy (non-hydrogen) atoms. The number of ether oxygens (including phenoxy) is 1. The molecule has 0 radical (unpaired) electrons. The van der Waals surface area contributed by atoms with Gasteiger partial charge in [0.15, 0.2) is 0 Å². The van der Waals surface area contributed by atoms with Crippen molar-refractivity contribution in [3.8, 4) is 0 Å². The molecule has 0 bridgehead atoms. The lowest BCUT2D eigenvalue weighted by Gasteiger charge is -2.07. The fraction of sp³-hybridized carbons (Fsp3) is 0.385. The van der Waals surface area contributed by atoms with Gasteiger partial charge >= 0.3 is 0 Å². The van der Waals surface area contributed by atoms with Gasteiger partial charge in [-0.1, -0.05) is 24.4 Å². The van der Waals surface area contributed by atoms with E-state index in [2.05, 4.69) is 5.32 Å². The maximum Gasteiger partial charge on any atom is 0.224 e. The van der Waals surface area contributed by atoms with Gasteiger partial charge in [-0.15, -0.1) is 0 Å². The first-order valence-electron chi connectivity index (χ1n) is 5.91. The van der Waals surface area contributed by atoms with Crippen molar-refractivity contribution < 1.29 is 9.53 Å². The van der Waals surface area contributed by atoms with Gasteiger partial charge in [-0.2, -0.15) is 0 Å². The van der Waals surface area contributed by atoms with Crippen molar-refractivity contribution in [2.75, 3.05) is 18.5 Å². The van der Waals surface area contributed by atoms with Crippen LogP contribution in [0.1, 0.15) is 25.3 Å². The number of amides is 1. The summed E-state index contributed by atoms with van der Waals surface area (Å²) in [5.74, 6) is -0.0326. The monoisotopic (exact) mass is 266 g/mol.